The predicted molar refractivity (Wildman–Crippen MR) is 218 cm³/mol. The molecule has 4 aromatic rings. The second kappa shape index (κ2) is 25.6. The van der Waals surface area contributed by atoms with Gasteiger partial charge in [-0.15, -0.1) is 0 Å². The van der Waals surface area contributed by atoms with Crippen molar-refractivity contribution in [2.75, 3.05) is 13.2 Å². The molecule has 5 nitrogen and oxygen atoms in total. The van der Waals surface area contributed by atoms with E-state index < -0.39 is 0 Å². The van der Waals surface area contributed by atoms with Crippen LogP contribution in [0.3, 0.4) is 0 Å². The van der Waals surface area contributed by atoms with Crippen LogP contribution in [-0.2, 0) is 0 Å². The molecule has 4 rings (SSSR count). The van der Waals surface area contributed by atoms with Crippen LogP contribution in [0.4, 0.5) is 0 Å². The number of pyridine rings is 1. The molecule has 0 aliphatic heterocycles. The molecule has 0 fully saturated rings. The molecule has 0 radical (unpaired) electrons. The van der Waals surface area contributed by atoms with E-state index in [-0.39, 0.29) is 0 Å². The third-order valence-corrected chi connectivity index (χ3v) is 10.2. The number of ether oxygens (including phenoxy) is 2. The average Bonchev–Trinajstić information content (AvgIpc) is 3.66. The van der Waals surface area contributed by atoms with E-state index in [9.17, 15) is 0 Å². The fraction of sp³-hybridized carbons (Fsp3) is 0.609. The van der Waals surface area contributed by atoms with Gasteiger partial charge in [-0.1, -0.05) is 179 Å². The topological polar surface area (TPSA) is 60.0 Å². The molecule has 0 saturated carbocycles. The van der Waals surface area contributed by atoms with E-state index >= 15 is 0 Å². The van der Waals surface area contributed by atoms with Crippen LogP contribution >= 0.6 is 0 Å². The summed E-state index contributed by atoms with van der Waals surface area (Å²) in [5, 5.41) is 10.2. The van der Waals surface area contributed by atoms with Crippen LogP contribution in [0.15, 0.2) is 60.8 Å². The number of hydrogen-bond donors (Lipinski definition) is 1. The maximum Gasteiger partial charge on any atom is 0.123 e. The quantitative estimate of drug-likeness (QED) is 0.0552. The molecule has 0 bridgehead atoms. The van der Waals surface area contributed by atoms with Crippen molar-refractivity contribution in [2.24, 2.45) is 0 Å². The minimum atomic E-state index is 0.728. The van der Waals surface area contributed by atoms with Gasteiger partial charge in [0.15, 0.2) is 0 Å². The number of nitrogens with zero attached hydrogens (tertiary/aromatic N) is 2. The second-order valence-corrected chi connectivity index (χ2v) is 14.8. The van der Waals surface area contributed by atoms with Gasteiger partial charge in [-0.2, -0.15) is 5.10 Å². The molecule has 2 aromatic heterocycles. The molecule has 0 aliphatic rings. The van der Waals surface area contributed by atoms with Crippen molar-refractivity contribution in [3.05, 3.63) is 60.8 Å². The number of nitrogens with one attached hydrogen (secondary N) is 1. The number of benzene rings is 2. The Balaban J connectivity index is 1.23. The summed E-state index contributed by atoms with van der Waals surface area (Å²) in [7, 11) is 0. The van der Waals surface area contributed by atoms with E-state index in [2.05, 4.69) is 72.6 Å². The fourth-order valence-corrected chi connectivity index (χ4v) is 6.98. The average molecular weight is 696 g/mol. The highest BCUT2D eigenvalue weighted by atomic mass is 16.5. The summed E-state index contributed by atoms with van der Waals surface area (Å²) in [4.78, 5) is 4.70. The summed E-state index contributed by atoms with van der Waals surface area (Å²) in [6.07, 6.45) is 34.1. The van der Waals surface area contributed by atoms with Gasteiger partial charge in [0.2, 0.25) is 0 Å². The first kappa shape index (κ1) is 40.4. The summed E-state index contributed by atoms with van der Waals surface area (Å²) < 4.78 is 12.7. The van der Waals surface area contributed by atoms with Crippen molar-refractivity contribution < 1.29 is 9.47 Å². The number of hydrogen-bond acceptors (Lipinski definition) is 4. The summed E-state index contributed by atoms with van der Waals surface area (Å²) in [5.41, 5.74) is 3.65. The summed E-state index contributed by atoms with van der Waals surface area (Å²) in [6.45, 7) is 6.03. The monoisotopic (exact) mass is 696 g/mol. The van der Waals surface area contributed by atoms with Gasteiger partial charge >= 0.3 is 0 Å². The third-order valence-electron chi connectivity index (χ3n) is 10.2. The highest BCUT2D eigenvalue weighted by molar-refractivity contribution is 5.85. The van der Waals surface area contributed by atoms with Gasteiger partial charge in [-0.3, -0.25) is 10.1 Å². The first-order valence-corrected chi connectivity index (χ1v) is 21.1. The largest absolute Gasteiger partial charge is 0.493 e. The molecule has 0 amide bonds. The van der Waals surface area contributed by atoms with E-state index in [1.165, 1.54) is 147 Å². The van der Waals surface area contributed by atoms with Gasteiger partial charge < -0.3 is 9.47 Å². The van der Waals surface area contributed by atoms with Gasteiger partial charge in [-0.25, -0.2) is 0 Å². The first-order chi connectivity index (χ1) is 25.3. The number of aromatic nitrogens is 3. The lowest BCUT2D eigenvalue weighted by atomic mass is 10.1. The third kappa shape index (κ3) is 16.3. The zero-order chi connectivity index (χ0) is 35.6. The zero-order valence-electron chi connectivity index (χ0n) is 32.4. The predicted octanol–water partition coefficient (Wildman–Crippen LogP) is 14.5. The second-order valence-electron chi connectivity index (χ2n) is 14.8. The molecule has 0 saturated heterocycles. The molecule has 0 atom stereocenters. The number of rotatable bonds is 30. The number of unbranched alkanes of at least 4 members (excludes halogenated alkanes) is 22. The fourth-order valence-electron chi connectivity index (χ4n) is 6.98. The van der Waals surface area contributed by atoms with Crippen molar-refractivity contribution in [1.29, 1.82) is 0 Å². The summed E-state index contributed by atoms with van der Waals surface area (Å²) in [6, 6.07) is 18.8. The molecule has 0 unspecified atom stereocenters. The Morgan fingerprint density at radius 3 is 1.41 bits per heavy atom. The van der Waals surface area contributed by atoms with Crippen molar-refractivity contribution >= 4 is 10.8 Å². The van der Waals surface area contributed by atoms with Gasteiger partial charge in [0.25, 0.3) is 0 Å². The summed E-state index contributed by atoms with van der Waals surface area (Å²) >= 11 is 0. The summed E-state index contributed by atoms with van der Waals surface area (Å²) in [5.74, 6) is 1.71. The molecular weight excluding hydrogens is 627 g/mol. The molecule has 1 N–H and O–H groups in total. The Bertz CT molecular complexity index is 1420. The maximum absolute atomic E-state index is 6.33. The van der Waals surface area contributed by atoms with E-state index in [4.69, 9.17) is 14.5 Å². The zero-order valence-corrected chi connectivity index (χ0v) is 32.4. The molecule has 2 heterocycles. The van der Waals surface area contributed by atoms with Crippen LogP contribution in [0.2, 0.25) is 0 Å². The van der Waals surface area contributed by atoms with Gasteiger partial charge in [0.1, 0.15) is 11.5 Å². The first-order valence-electron chi connectivity index (χ1n) is 21.1. The Kier molecular flexibility index (Phi) is 20.3. The van der Waals surface area contributed by atoms with E-state index in [1.54, 1.807) is 0 Å². The van der Waals surface area contributed by atoms with Gasteiger partial charge in [-0.05, 0) is 42.5 Å². The molecular formula is C46H69N3O2. The molecule has 0 spiro atoms. The normalized spacial score (nSPS) is 11.4. The standard InChI is InChI=1S/C46H69N3O2/c1-3-5-7-9-11-13-15-17-19-21-23-27-31-50-42-33-41(44-37-46(49-48-44)45-35-39-29-25-26-30-40(39)38-47-45)34-43(36-42)51-32-28-24-22-20-18-16-14-12-10-8-6-4-2/h25-26,29-30,33-38H,3-24,27-28,31-32H2,1-2H3,(H,48,49). The number of aromatic amines is 1. The van der Waals surface area contributed by atoms with Crippen molar-refractivity contribution in [3.8, 4) is 34.1 Å². The number of fused-ring (bicyclic) bond motifs is 1. The van der Waals surface area contributed by atoms with Gasteiger partial charge in [0.05, 0.1) is 30.3 Å². The van der Waals surface area contributed by atoms with E-state index in [0.29, 0.717) is 0 Å². The van der Waals surface area contributed by atoms with E-state index in [0.717, 1.165) is 65.6 Å². The Morgan fingerprint density at radius 2 is 0.922 bits per heavy atom. The molecule has 0 aliphatic carbocycles. The maximum atomic E-state index is 6.33. The highest BCUT2D eigenvalue weighted by Gasteiger charge is 2.12. The Morgan fingerprint density at radius 1 is 0.471 bits per heavy atom. The minimum absolute atomic E-state index is 0.728. The number of H-pyrrole nitrogens is 1. The highest BCUT2D eigenvalue weighted by Crippen LogP contribution is 2.32. The lowest BCUT2D eigenvalue weighted by molar-refractivity contribution is 0.290. The minimum Gasteiger partial charge on any atom is -0.493 e. The van der Waals surface area contributed by atoms with E-state index in [1.807, 2.05) is 12.3 Å². The van der Waals surface area contributed by atoms with Gasteiger partial charge in [0, 0.05) is 23.2 Å². The lowest BCUT2D eigenvalue weighted by Gasteiger charge is -2.12. The van der Waals surface area contributed by atoms with Crippen LogP contribution < -0.4 is 9.47 Å². The smallest absolute Gasteiger partial charge is 0.123 e. The Hall–Kier alpha value is -3.34. The molecule has 280 valence electrons. The van der Waals surface area contributed by atoms with Crippen LogP contribution in [0, 0.1) is 0 Å². The van der Waals surface area contributed by atoms with Crippen molar-refractivity contribution in [3.63, 3.8) is 0 Å². The van der Waals surface area contributed by atoms with Crippen LogP contribution in [0.1, 0.15) is 168 Å². The van der Waals surface area contributed by atoms with Crippen LogP contribution in [0.25, 0.3) is 33.4 Å². The van der Waals surface area contributed by atoms with Crippen LogP contribution in [0.5, 0.6) is 11.5 Å². The van der Waals surface area contributed by atoms with Crippen molar-refractivity contribution in [2.45, 2.75) is 168 Å². The SMILES string of the molecule is CCCCCCCCCCCCCCOc1cc(OCCCCCCCCCCCCCC)cc(-c2cc(-c3cc4ccccc4cn3)[nH]n2)c1. The molecule has 5 heteroatoms. The lowest BCUT2D eigenvalue weighted by Crippen LogP contribution is -2.01. The molecule has 51 heavy (non-hydrogen) atoms. The molecule has 2 aromatic carbocycles. The Labute approximate surface area is 310 Å². The van der Waals surface area contributed by atoms with Crippen LogP contribution in [-0.4, -0.2) is 28.4 Å². The van der Waals surface area contributed by atoms with Crippen molar-refractivity contribution in [1.82, 2.24) is 15.2 Å².